The summed E-state index contributed by atoms with van der Waals surface area (Å²) >= 11 is 1.75. The van der Waals surface area contributed by atoms with Crippen molar-refractivity contribution in [2.45, 2.75) is 43.4 Å². The third-order valence-electron chi connectivity index (χ3n) is 3.30. The van der Waals surface area contributed by atoms with Crippen LogP contribution in [-0.2, 0) is 9.53 Å². The molecule has 1 saturated carbocycles. The molecule has 1 fully saturated rings. The van der Waals surface area contributed by atoms with E-state index < -0.39 is 5.54 Å². The number of ether oxygens (including phenoxy) is 1. The first-order chi connectivity index (χ1) is 8.18. The maximum absolute atomic E-state index is 12.0. The van der Waals surface area contributed by atoms with Crippen molar-refractivity contribution >= 4 is 17.7 Å². The second-order valence-corrected chi connectivity index (χ2v) is 5.77. The molecule has 1 rings (SSSR count). The summed E-state index contributed by atoms with van der Waals surface area (Å²) < 4.78 is 5.17. The summed E-state index contributed by atoms with van der Waals surface area (Å²) in [4.78, 5) is 12.0. The van der Waals surface area contributed by atoms with E-state index in [1.54, 1.807) is 11.8 Å². The van der Waals surface area contributed by atoms with E-state index in [-0.39, 0.29) is 12.6 Å². The van der Waals surface area contributed by atoms with E-state index in [0.717, 1.165) is 31.4 Å². The van der Waals surface area contributed by atoms with Crippen LogP contribution in [0.15, 0.2) is 0 Å². The van der Waals surface area contributed by atoms with E-state index in [9.17, 15) is 4.79 Å². The molecule has 0 aliphatic heterocycles. The molecule has 100 valence electrons. The number of carbonyl (C=O) groups is 1. The standard InChI is InChI=1S/C12H23NO3S/c1-3-16-11(15)12(13-2)6-4-5-10(9-12)17-8-7-14/h10,13-14H,3-9H2,1-2H3. The molecule has 0 spiro atoms. The first-order valence-corrected chi connectivity index (χ1v) is 7.32. The highest BCUT2D eigenvalue weighted by Crippen LogP contribution is 2.35. The molecule has 2 N–H and O–H groups in total. The zero-order valence-electron chi connectivity index (χ0n) is 10.7. The van der Waals surface area contributed by atoms with Crippen molar-refractivity contribution in [1.29, 1.82) is 0 Å². The maximum Gasteiger partial charge on any atom is 0.326 e. The molecule has 5 heteroatoms. The lowest BCUT2D eigenvalue weighted by atomic mass is 9.81. The molecule has 0 saturated heterocycles. The summed E-state index contributed by atoms with van der Waals surface area (Å²) in [5.41, 5.74) is -0.513. The fourth-order valence-electron chi connectivity index (χ4n) is 2.37. The van der Waals surface area contributed by atoms with Crippen LogP contribution in [0, 0.1) is 0 Å². The number of hydrogen-bond donors (Lipinski definition) is 2. The summed E-state index contributed by atoms with van der Waals surface area (Å²) in [5, 5.41) is 12.4. The van der Waals surface area contributed by atoms with E-state index in [1.165, 1.54) is 0 Å². The molecular weight excluding hydrogens is 238 g/mol. The van der Waals surface area contributed by atoms with Gasteiger partial charge in [0.1, 0.15) is 5.54 Å². The van der Waals surface area contributed by atoms with Gasteiger partial charge in [0.05, 0.1) is 13.2 Å². The molecule has 4 nitrogen and oxygen atoms in total. The van der Waals surface area contributed by atoms with Crippen molar-refractivity contribution < 1.29 is 14.6 Å². The van der Waals surface area contributed by atoms with Gasteiger partial charge in [-0.15, -0.1) is 0 Å². The minimum Gasteiger partial charge on any atom is -0.465 e. The fourth-order valence-corrected chi connectivity index (χ4v) is 3.54. The number of thioether (sulfide) groups is 1. The zero-order valence-corrected chi connectivity index (χ0v) is 11.5. The van der Waals surface area contributed by atoms with Crippen LogP contribution in [0.3, 0.4) is 0 Å². The van der Waals surface area contributed by atoms with E-state index >= 15 is 0 Å². The third kappa shape index (κ3) is 3.86. The van der Waals surface area contributed by atoms with Gasteiger partial charge in [-0.2, -0.15) is 11.8 Å². The van der Waals surface area contributed by atoms with Crippen molar-refractivity contribution in [3.63, 3.8) is 0 Å². The van der Waals surface area contributed by atoms with Crippen molar-refractivity contribution in [1.82, 2.24) is 5.32 Å². The molecule has 0 radical (unpaired) electrons. The zero-order chi connectivity index (χ0) is 12.7. The molecule has 2 unspecified atom stereocenters. The predicted molar refractivity (Wildman–Crippen MR) is 70.2 cm³/mol. The van der Waals surface area contributed by atoms with Gasteiger partial charge in [0.15, 0.2) is 0 Å². The highest BCUT2D eigenvalue weighted by Gasteiger charge is 2.42. The Morgan fingerprint density at radius 3 is 3.00 bits per heavy atom. The van der Waals surface area contributed by atoms with Crippen LogP contribution in [0.25, 0.3) is 0 Å². The van der Waals surface area contributed by atoms with Crippen LogP contribution < -0.4 is 5.32 Å². The SMILES string of the molecule is CCOC(=O)C1(NC)CCCC(SCCO)C1. The molecular formula is C12H23NO3S. The number of aliphatic hydroxyl groups is 1. The fraction of sp³-hybridized carbons (Fsp3) is 0.917. The molecule has 0 aromatic rings. The Bertz CT molecular complexity index is 250. The Hall–Kier alpha value is -0.260. The summed E-state index contributed by atoms with van der Waals surface area (Å²) in [6.07, 6.45) is 3.79. The number of aliphatic hydroxyl groups excluding tert-OH is 1. The van der Waals surface area contributed by atoms with Crippen molar-refractivity contribution in [3.05, 3.63) is 0 Å². The highest BCUT2D eigenvalue weighted by molar-refractivity contribution is 7.99. The lowest BCUT2D eigenvalue weighted by molar-refractivity contribution is -0.152. The summed E-state index contributed by atoms with van der Waals surface area (Å²) in [6.45, 7) is 2.46. The molecule has 0 heterocycles. The van der Waals surface area contributed by atoms with Crippen LogP contribution in [0.5, 0.6) is 0 Å². The molecule has 17 heavy (non-hydrogen) atoms. The maximum atomic E-state index is 12.0. The van der Waals surface area contributed by atoms with Gasteiger partial charge in [0, 0.05) is 11.0 Å². The average molecular weight is 261 g/mol. The Morgan fingerprint density at radius 1 is 1.65 bits per heavy atom. The monoisotopic (exact) mass is 261 g/mol. The van der Waals surface area contributed by atoms with Crippen molar-refractivity contribution in [2.24, 2.45) is 0 Å². The minimum absolute atomic E-state index is 0.128. The van der Waals surface area contributed by atoms with Gasteiger partial charge in [-0.25, -0.2) is 0 Å². The highest BCUT2D eigenvalue weighted by atomic mass is 32.2. The normalized spacial score (nSPS) is 29.0. The summed E-state index contributed by atoms with van der Waals surface area (Å²) in [6, 6.07) is 0. The number of esters is 1. The van der Waals surface area contributed by atoms with Gasteiger partial charge >= 0.3 is 5.97 Å². The first-order valence-electron chi connectivity index (χ1n) is 6.27. The molecule has 0 aromatic heterocycles. The lowest BCUT2D eigenvalue weighted by Crippen LogP contribution is -2.54. The number of nitrogens with one attached hydrogen (secondary N) is 1. The summed E-state index contributed by atoms with van der Waals surface area (Å²) in [7, 11) is 1.83. The Kier molecular flexibility index (Phi) is 6.30. The molecule has 0 aromatic carbocycles. The number of hydrogen-bond acceptors (Lipinski definition) is 5. The van der Waals surface area contributed by atoms with Crippen LogP contribution in [0.1, 0.15) is 32.6 Å². The van der Waals surface area contributed by atoms with E-state index in [1.807, 2.05) is 14.0 Å². The smallest absolute Gasteiger partial charge is 0.326 e. The Morgan fingerprint density at radius 2 is 2.41 bits per heavy atom. The molecule has 1 aliphatic rings. The largest absolute Gasteiger partial charge is 0.465 e. The topological polar surface area (TPSA) is 58.6 Å². The van der Waals surface area contributed by atoms with Crippen LogP contribution >= 0.6 is 11.8 Å². The van der Waals surface area contributed by atoms with E-state index in [4.69, 9.17) is 9.84 Å². The third-order valence-corrected chi connectivity index (χ3v) is 4.59. The summed E-state index contributed by atoms with van der Waals surface area (Å²) in [5.74, 6) is 0.615. The Balaban J connectivity index is 2.61. The average Bonchev–Trinajstić information content (AvgIpc) is 2.36. The molecule has 0 amide bonds. The predicted octanol–water partition coefficient (Wildman–Crippen LogP) is 1.18. The first kappa shape index (κ1) is 14.8. The van der Waals surface area contributed by atoms with Crippen molar-refractivity contribution in [3.8, 4) is 0 Å². The van der Waals surface area contributed by atoms with E-state index in [2.05, 4.69) is 5.32 Å². The minimum atomic E-state index is -0.513. The van der Waals surface area contributed by atoms with Gasteiger partial charge in [0.25, 0.3) is 0 Å². The van der Waals surface area contributed by atoms with Gasteiger partial charge in [0.2, 0.25) is 0 Å². The molecule has 0 bridgehead atoms. The number of likely N-dealkylation sites (N-methyl/N-ethyl adjacent to an activating group) is 1. The number of rotatable bonds is 6. The molecule has 2 atom stereocenters. The van der Waals surface area contributed by atoms with Crippen molar-refractivity contribution in [2.75, 3.05) is 26.0 Å². The van der Waals surface area contributed by atoms with Crippen LogP contribution in [0.2, 0.25) is 0 Å². The second kappa shape index (κ2) is 7.24. The van der Waals surface area contributed by atoms with Gasteiger partial charge in [-0.05, 0) is 39.7 Å². The molecule has 1 aliphatic carbocycles. The quantitative estimate of drug-likeness (QED) is 0.703. The lowest BCUT2D eigenvalue weighted by Gasteiger charge is -2.38. The van der Waals surface area contributed by atoms with Gasteiger partial charge in [-0.1, -0.05) is 0 Å². The van der Waals surface area contributed by atoms with Gasteiger partial charge in [-0.3, -0.25) is 4.79 Å². The van der Waals surface area contributed by atoms with Crippen LogP contribution in [-0.4, -0.2) is 47.9 Å². The van der Waals surface area contributed by atoms with E-state index in [0.29, 0.717) is 11.9 Å². The van der Waals surface area contributed by atoms with Crippen LogP contribution in [0.4, 0.5) is 0 Å². The second-order valence-electron chi connectivity index (χ2n) is 4.37. The number of carbonyl (C=O) groups excluding carboxylic acids is 1. The van der Waals surface area contributed by atoms with Gasteiger partial charge < -0.3 is 15.2 Å². The Labute approximate surface area is 107 Å².